The van der Waals surface area contributed by atoms with Crippen LogP contribution in [0, 0.1) is 11.3 Å². The first-order valence-corrected chi connectivity index (χ1v) is 9.08. The highest BCUT2D eigenvalue weighted by Gasteiger charge is 2.21. The molecule has 1 unspecified atom stereocenters. The van der Waals surface area contributed by atoms with E-state index < -0.39 is 0 Å². The predicted molar refractivity (Wildman–Crippen MR) is 104 cm³/mol. The lowest BCUT2D eigenvalue weighted by atomic mass is 9.88. The second kappa shape index (κ2) is 8.54. The number of nitrogens with one attached hydrogen (secondary N) is 3. The molecule has 1 aliphatic heterocycles. The summed E-state index contributed by atoms with van der Waals surface area (Å²) < 4.78 is 5.60. The Hall–Kier alpha value is -2.78. The molecular formula is C20H25N5O. The van der Waals surface area contributed by atoms with Crippen LogP contribution >= 0.6 is 0 Å². The van der Waals surface area contributed by atoms with E-state index in [4.69, 9.17) is 4.74 Å². The maximum atomic E-state index is 9.63. The van der Waals surface area contributed by atoms with E-state index >= 15 is 0 Å². The van der Waals surface area contributed by atoms with E-state index in [2.05, 4.69) is 33.1 Å². The fourth-order valence-electron chi connectivity index (χ4n) is 3.44. The summed E-state index contributed by atoms with van der Waals surface area (Å²) in [5.41, 5.74) is 4.39. The van der Waals surface area contributed by atoms with Gasteiger partial charge in [-0.1, -0.05) is 0 Å². The van der Waals surface area contributed by atoms with Crippen molar-refractivity contribution in [2.45, 2.75) is 25.7 Å². The van der Waals surface area contributed by atoms with E-state index in [0.29, 0.717) is 24.0 Å². The third-order valence-corrected chi connectivity index (χ3v) is 4.61. The number of hydrogen-bond donors (Lipinski definition) is 3. The molecule has 6 heteroatoms. The molecule has 26 heavy (non-hydrogen) atoms. The number of aromatic nitrogens is 1. The number of rotatable bonds is 6. The van der Waals surface area contributed by atoms with Gasteiger partial charge in [-0.2, -0.15) is 5.26 Å². The fraction of sp³-hybridized carbons (Fsp3) is 0.400. The smallest absolute Gasteiger partial charge is 0.237 e. The molecule has 1 aromatic carbocycles. The van der Waals surface area contributed by atoms with E-state index in [1.165, 1.54) is 5.56 Å². The number of hydrogen-bond acceptors (Lipinski definition) is 6. The lowest BCUT2D eigenvalue weighted by Gasteiger charge is -2.26. The first-order valence-electron chi connectivity index (χ1n) is 9.08. The highest BCUT2D eigenvalue weighted by atomic mass is 16.5. The highest BCUT2D eigenvalue weighted by Crippen LogP contribution is 2.36. The average molecular weight is 351 g/mol. The minimum absolute atomic E-state index is 0.389. The predicted octanol–water partition coefficient (Wildman–Crippen LogP) is 3.60. The second-order valence-corrected chi connectivity index (χ2v) is 6.31. The van der Waals surface area contributed by atoms with Gasteiger partial charge in [-0.05, 0) is 62.1 Å². The number of ether oxygens (including phenoxy) is 1. The summed E-state index contributed by atoms with van der Waals surface area (Å²) in [6.07, 6.45) is 3.97. The Morgan fingerprint density at radius 1 is 1.42 bits per heavy atom. The van der Waals surface area contributed by atoms with Crippen molar-refractivity contribution in [3.63, 3.8) is 0 Å². The van der Waals surface area contributed by atoms with Gasteiger partial charge in [-0.3, -0.25) is 0 Å². The summed E-state index contributed by atoms with van der Waals surface area (Å²) in [4.78, 5) is 4.28. The van der Waals surface area contributed by atoms with Gasteiger partial charge in [0.1, 0.15) is 11.8 Å². The van der Waals surface area contributed by atoms with Gasteiger partial charge < -0.3 is 20.7 Å². The maximum absolute atomic E-state index is 9.63. The van der Waals surface area contributed by atoms with Crippen molar-refractivity contribution in [2.75, 3.05) is 37.4 Å². The van der Waals surface area contributed by atoms with Gasteiger partial charge in [0.2, 0.25) is 5.88 Å². The summed E-state index contributed by atoms with van der Waals surface area (Å²) in [6, 6.07) is 10.1. The molecule has 0 radical (unpaired) electrons. The van der Waals surface area contributed by atoms with Gasteiger partial charge in [-0.25, -0.2) is 4.98 Å². The van der Waals surface area contributed by atoms with Gasteiger partial charge in [-0.15, -0.1) is 0 Å². The van der Waals surface area contributed by atoms with Crippen LogP contribution < -0.4 is 20.7 Å². The average Bonchev–Trinajstić information content (AvgIpc) is 2.69. The van der Waals surface area contributed by atoms with Gasteiger partial charge >= 0.3 is 0 Å². The summed E-state index contributed by atoms with van der Waals surface area (Å²) in [5, 5.41) is 19.7. The Kier molecular flexibility index (Phi) is 5.92. The highest BCUT2D eigenvalue weighted by molar-refractivity contribution is 5.73. The van der Waals surface area contributed by atoms with Crippen molar-refractivity contribution in [2.24, 2.45) is 0 Å². The molecular weight excluding hydrogens is 326 g/mol. The van der Waals surface area contributed by atoms with Crippen LogP contribution in [-0.4, -0.2) is 31.7 Å². The summed E-state index contributed by atoms with van der Waals surface area (Å²) in [6.45, 7) is 4.47. The molecule has 2 heterocycles. The molecule has 0 amide bonds. The van der Waals surface area contributed by atoms with Crippen LogP contribution in [0.3, 0.4) is 0 Å². The largest absolute Gasteiger partial charge is 0.476 e. The Balaban J connectivity index is 1.99. The van der Waals surface area contributed by atoms with Gasteiger partial charge in [0.05, 0.1) is 17.9 Å². The molecule has 1 fully saturated rings. The number of benzene rings is 1. The molecule has 1 aliphatic rings. The SMILES string of the molecule is CCOc1ncccc1Nc1cc(C#N)c(NC)c(C2CCCNC2)c1. The maximum Gasteiger partial charge on any atom is 0.237 e. The molecule has 3 N–H and O–H groups in total. The van der Waals surface area contributed by atoms with E-state index in [0.717, 1.165) is 43.0 Å². The molecule has 1 saturated heterocycles. The Morgan fingerprint density at radius 3 is 3.00 bits per heavy atom. The van der Waals surface area contributed by atoms with E-state index in [1.807, 2.05) is 32.2 Å². The van der Waals surface area contributed by atoms with Crippen LogP contribution in [0.25, 0.3) is 0 Å². The standard InChI is InChI=1S/C20H25N5O/c1-3-26-20-18(7-5-9-24-20)25-16-10-15(12-21)19(22-2)17(11-16)14-6-4-8-23-13-14/h5,7,9-11,14,22-23,25H,3-4,6,8,13H2,1-2H3. The van der Waals surface area contributed by atoms with Crippen LogP contribution in [-0.2, 0) is 0 Å². The molecule has 0 spiro atoms. The fourth-order valence-corrected chi connectivity index (χ4v) is 3.44. The zero-order valence-electron chi connectivity index (χ0n) is 15.3. The molecule has 0 bridgehead atoms. The first-order chi connectivity index (χ1) is 12.8. The van der Waals surface area contributed by atoms with Crippen molar-refractivity contribution in [1.82, 2.24) is 10.3 Å². The number of nitrogens with zero attached hydrogens (tertiary/aromatic N) is 2. The van der Waals surface area contributed by atoms with E-state index in [1.54, 1.807) is 6.20 Å². The first kappa shape index (κ1) is 18.0. The molecule has 2 aromatic rings. The lowest BCUT2D eigenvalue weighted by Crippen LogP contribution is -2.29. The van der Waals surface area contributed by atoms with Gasteiger partial charge in [0.15, 0.2) is 0 Å². The lowest BCUT2D eigenvalue weighted by molar-refractivity contribution is 0.329. The number of piperidine rings is 1. The molecule has 0 saturated carbocycles. The Bertz CT molecular complexity index is 793. The number of pyridine rings is 1. The summed E-state index contributed by atoms with van der Waals surface area (Å²) in [5.74, 6) is 0.951. The van der Waals surface area contributed by atoms with Crippen LogP contribution in [0.2, 0.25) is 0 Å². The minimum atomic E-state index is 0.389. The third kappa shape index (κ3) is 3.89. The molecule has 1 atom stereocenters. The van der Waals surface area contributed by atoms with Crippen LogP contribution in [0.15, 0.2) is 30.5 Å². The van der Waals surface area contributed by atoms with Gasteiger partial charge in [0, 0.05) is 25.5 Å². The summed E-state index contributed by atoms with van der Waals surface area (Å²) in [7, 11) is 1.87. The topological polar surface area (TPSA) is 82.0 Å². The van der Waals surface area contributed by atoms with Crippen molar-refractivity contribution in [3.8, 4) is 11.9 Å². The second-order valence-electron chi connectivity index (χ2n) is 6.31. The van der Waals surface area contributed by atoms with Gasteiger partial charge in [0.25, 0.3) is 0 Å². The third-order valence-electron chi connectivity index (χ3n) is 4.61. The normalized spacial score (nSPS) is 16.6. The molecule has 1 aromatic heterocycles. The van der Waals surface area contributed by atoms with Crippen LogP contribution in [0.4, 0.5) is 17.1 Å². The van der Waals surface area contributed by atoms with E-state index in [9.17, 15) is 5.26 Å². The number of nitriles is 1. The Morgan fingerprint density at radius 2 is 2.31 bits per heavy atom. The monoisotopic (exact) mass is 351 g/mol. The summed E-state index contributed by atoms with van der Waals surface area (Å²) >= 11 is 0. The molecule has 136 valence electrons. The molecule has 0 aliphatic carbocycles. The van der Waals surface area contributed by atoms with Crippen molar-refractivity contribution < 1.29 is 4.74 Å². The quantitative estimate of drug-likeness (QED) is 0.738. The van der Waals surface area contributed by atoms with Crippen LogP contribution in [0.5, 0.6) is 5.88 Å². The van der Waals surface area contributed by atoms with Crippen LogP contribution in [0.1, 0.15) is 36.8 Å². The zero-order valence-corrected chi connectivity index (χ0v) is 15.3. The Labute approximate surface area is 154 Å². The van der Waals surface area contributed by atoms with Crippen molar-refractivity contribution >= 4 is 17.1 Å². The van der Waals surface area contributed by atoms with E-state index in [-0.39, 0.29) is 0 Å². The molecule has 6 nitrogen and oxygen atoms in total. The van der Waals surface area contributed by atoms with Crippen molar-refractivity contribution in [3.05, 3.63) is 41.6 Å². The zero-order chi connectivity index (χ0) is 18.4. The van der Waals surface area contributed by atoms with Crippen molar-refractivity contribution in [1.29, 1.82) is 5.26 Å². The molecule has 3 rings (SSSR count). The minimum Gasteiger partial charge on any atom is -0.476 e. The number of anilines is 3.